The van der Waals surface area contributed by atoms with Crippen molar-refractivity contribution in [3.05, 3.63) is 93.9 Å². The molecule has 168 valence electrons. The van der Waals surface area contributed by atoms with E-state index < -0.39 is 5.82 Å². The first-order chi connectivity index (χ1) is 15.9. The number of nitrogens with zero attached hydrogens (tertiary/aromatic N) is 1. The molecule has 1 atom stereocenters. The van der Waals surface area contributed by atoms with Gasteiger partial charge in [-0.25, -0.2) is 9.18 Å². The number of anilines is 1. The van der Waals surface area contributed by atoms with E-state index in [0.29, 0.717) is 18.7 Å². The molecule has 0 radical (unpaired) electrons. The molecule has 33 heavy (non-hydrogen) atoms. The van der Waals surface area contributed by atoms with Crippen molar-refractivity contribution in [1.29, 1.82) is 0 Å². The molecule has 0 saturated heterocycles. The van der Waals surface area contributed by atoms with E-state index in [1.807, 2.05) is 37.3 Å². The number of nitrogens with one attached hydrogen (secondary N) is 2. The number of ether oxygens (including phenoxy) is 1. The van der Waals surface area contributed by atoms with Crippen LogP contribution in [-0.4, -0.2) is 29.6 Å². The highest BCUT2D eigenvalue weighted by Gasteiger charge is 2.34. The average Bonchev–Trinajstić information content (AvgIpc) is 3.19. The SMILES string of the molecule is COc1ccc2[nH]c3c(c2c1)CCN(C(=O)Nc1ccc(F)c(Cl)c1)C3c1ccc(C)cc1. The fourth-order valence-corrected chi connectivity index (χ4v) is 4.66. The Morgan fingerprint density at radius 3 is 2.67 bits per heavy atom. The molecule has 4 aromatic rings. The molecule has 0 aliphatic carbocycles. The van der Waals surface area contributed by atoms with Crippen LogP contribution in [0.15, 0.2) is 60.7 Å². The van der Waals surface area contributed by atoms with Crippen LogP contribution >= 0.6 is 11.6 Å². The lowest BCUT2D eigenvalue weighted by Crippen LogP contribution is -2.43. The van der Waals surface area contributed by atoms with E-state index in [-0.39, 0.29) is 17.1 Å². The Kier molecular flexibility index (Phi) is 5.46. The molecule has 2 heterocycles. The zero-order valence-electron chi connectivity index (χ0n) is 18.3. The van der Waals surface area contributed by atoms with Crippen LogP contribution in [0.1, 0.15) is 28.4 Å². The van der Waals surface area contributed by atoms with Crippen LogP contribution in [0.2, 0.25) is 5.02 Å². The quantitative estimate of drug-likeness (QED) is 0.366. The second-order valence-electron chi connectivity index (χ2n) is 8.24. The summed E-state index contributed by atoms with van der Waals surface area (Å²) in [4.78, 5) is 18.7. The molecule has 1 unspecified atom stereocenters. The maximum atomic E-state index is 13.6. The Balaban J connectivity index is 1.57. The van der Waals surface area contributed by atoms with Gasteiger partial charge < -0.3 is 19.9 Å². The summed E-state index contributed by atoms with van der Waals surface area (Å²) in [6.45, 7) is 2.56. The van der Waals surface area contributed by atoms with Crippen molar-refractivity contribution in [3.8, 4) is 5.75 Å². The van der Waals surface area contributed by atoms with Crippen molar-refractivity contribution < 1.29 is 13.9 Å². The normalized spacial score (nSPS) is 15.4. The highest BCUT2D eigenvalue weighted by molar-refractivity contribution is 6.31. The molecule has 5 nitrogen and oxygen atoms in total. The fraction of sp³-hybridized carbons (Fsp3) is 0.192. The van der Waals surface area contributed by atoms with Gasteiger partial charge in [-0.2, -0.15) is 0 Å². The highest BCUT2D eigenvalue weighted by atomic mass is 35.5. The fourth-order valence-electron chi connectivity index (χ4n) is 4.48. The van der Waals surface area contributed by atoms with Crippen LogP contribution in [0.5, 0.6) is 5.75 Å². The number of aromatic nitrogens is 1. The summed E-state index contributed by atoms with van der Waals surface area (Å²) in [5.74, 6) is 0.271. The van der Waals surface area contributed by atoms with Gasteiger partial charge in [0.25, 0.3) is 0 Å². The number of aryl methyl sites for hydroxylation is 1. The summed E-state index contributed by atoms with van der Waals surface area (Å²) in [5, 5.41) is 3.95. The van der Waals surface area contributed by atoms with Gasteiger partial charge in [0.05, 0.1) is 18.2 Å². The zero-order valence-corrected chi connectivity index (χ0v) is 19.0. The first-order valence-corrected chi connectivity index (χ1v) is 11.1. The number of fused-ring (bicyclic) bond motifs is 3. The van der Waals surface area contributed by atoms with E-state index in [2.05, 4.69) is 22.4 Å². The molecule has 3 aromatic carbocycles. The summed E-state index contributed by atoms with van der Waals surface area (Å²) >= 11 is 5.90. The van der Waals surface area contributed by atoms with Gasteiger partial charge in [-0.1, -0.05) is 41.4 Å². The molecule has 2 amide bonds. The van der Waals surface area contributed by atoms with E-state index >= 15 is 0 Å². The number of methoxy groups -OCH3 is 1. The number of carbonyl (C=O) groups is 1. The van der Waals surface area contributed by atoms with Gasteiger partial charge in [-0.15, -0.1) is 0 Å². The molecule has 2 N–H and O–H groups in total. The lowest BCUT2D eigenvalue weighted by Gasteiger charge is -2.36. The lowest BCUT2D eigenvalue weighted by molar-refractivity contribution is 0.193. The second kappa shape index (κ2) is 8.45. The number of hydrogen-bond donors (Lipinski definition) is 2. The number of halogens is 2. The smallest absolute Gasteiger partial charge is 0.322 e. The average molecular weight is 464 g/mol. The van der Waals surface area contributed by atoms with Gasteiger partial charge in [0.1, 0.15) is 11.6 Å². The maximum Gasteiger partial charge on any atom is 0.322 e. The number of urea groups is 1. The third kappa shape index (κ3) is 3.91. The Morgan fingerprint density at radius 2 is 1.94 bits per heavy atom. The van der Waals surface area contributed by atoms with Crippen molar-refractivity contribution in [2.75, 3.05) is 19.0 Å². The molecule has 1 aromatic heterocycles. The predicted molar refractivity (Wildman–Crippen MR) is 129 cm³/mol. The minimum atomic E-state index is -0.525. The molecule has 7 heteroatoms. The van der Waals surface area contributed by atoms with Crippen LogP contribution in [-0.2, 0) is 6.42 Å². The lowest BCUT2D eigenvalue weighted by atomic mass is 9.92. The summed E-state index contributed by atoms with van der Waals surface area (Å²) in [6, 6.07) is 17.8. The van der Waals surface area contributed by atoms with Gasteiger partial charge in [0.2, 0.25) is 0 Å². The molecule has 0 fully saturated rings. The molecule has 1 aliphatic heterocycles. The topological polar surface area (TPSA) is 57.4 Å². The van der Waals surface area contributed by atoms with Gasteiger partial charge in [0, 0.05) is 28.8 Å². The largest absolute Gasteiger partial charge is 0.497 e. The van der Waals surface area contributed by atoms with E-state index in [4.69, 9.17) is 16.3 Å². The molecule has 5 rings (SSSR count). The first kappa shape index (κ1) is 21.3. The molecule has 0 bridgehead atoms. The predicted octanol–water partition coefficient (Wildman–Crippen LogP) is 6.46. The number of carbonyl (C=O) groups excluding carboxylic acids is 1. The number of amides is 2. The van der Waals surface area contributed by atoms with Crippen LogP contribution in [0, 0.1) is 12.7 Å². The van der Waals surface area contributed by atoms with Gasteiger partial charge in [0.15, 0.2) is 0 Å². The monoisotopic (exact) mass is 463 g/mol. The van der Waals surface area contributed by atoms with Crippen molar-refractivity contribution in [2.24, 2.45) is 0 Å². The Labute approximate surface area is 196 Å². The van der Waals surface area contributed by atoms with E-state index in [9.17, 15) is 9.18 Å². The Bertz CT molecular complexity index is 1350. The maximum absolute atomic E-state index is 13.6. The van der Waals surface area contributed by atoms with Crippen molar-refractivity contribution in [1.82, 2.24) is 9.88 Å². The van der Waals surface area contributed by atoms with Gasteiger partial charge in [-0.3, -0.25) is 0 Å². The van der Waals surface area contributed by atoms with E-state index in [1.165, 1.54) is 23.8 Å². The second-order valence-corrected chi connectivity index (χ2v) is 8.65. The summed E-state index contributed by atoms with van der Waals surface area (Å²) in [7, 11) is 1.66. The van der Waals surface area contributed by atoms with Crippen LogP contribution < -0.4 is 10.1 Å². The first-order valence-electron chi connectivity index (χ1n) is 10.7. The van der Waals surface area contributed by atoms with Crippen molar-refractivity contribution >= 4 is 34.2 Å². The van der Waals surface area contributed by atoms with E-state index in [0.717, 1.165) is 33.5 Å². The third-order valence-electron chi connectivity index (χ3n) is 6.16. The van der Waals surface area contributed by atoms with Gasteiger partial charge in [-0.05, 0) is 60.9 Å². The standard InChI is InChI=1S/C26H23ClFN3O2/c1-15-3-5-16(6-4-15)25-24-19(20-14-18(33-2)8-10-23(20)30-24)11-12-31(25)26(32)29-17-7-9-22(28)21(27)13-17/h3-10,13-14,25,30H,11-12H2,1-2H3,(H,29,32). The molecule has 1 aliphatic rings. The molecular weight excluding hydrogens is 441 g/mol. The number of rotatable bonds is 3. The Hall–Kier alpha value is -3.51. The number of H-pyrrole nitrogens is 1. The van der Waals surface area contributed by atoms with Crippen molar-refractivity contribution in [2.45, 2.75) is 19.4 Å². The zero-order chi connectivity index (χ0) is 23.1. The summed E-state index contributed by atoms with van der Waals surface area (Å²) < 4.78 is 19.0. The molecule has 0 saturated carbocycles. The van der Waals surface area contributed by atoms with Crippen molar-refractivity contribution in [3.63, 3.8) is 0 Å². The van der Waals surface area contributed by atoms with Crippen LogP contribution in [0.3, 0.4) is 0 Å². The number of benzene rings is 3. The minimum Gasteiger partial charge on any atom is -0.497 e. The van der Waals surface area contributed by atoms with E-state index in [1.54, 1.807) is 12.0 Å². The van der Waals surface area contributed by atoms with Crippen LogP contribution in [0.25, 0.3) is 10.9 Å². The number of hydrogen-bond acceptors (Lipinski definition) is 2. The summed E-state index contributed by atoms with van der Waals surface area (Å²) in [6.07, 6.45) is 0.697. The van der Waals surface area contributed by atoms with Crippen LogP contribution in [0.4, 0.5) is 14.9 Å². The molecular formula is C26H23ClFN3O2. The number of aromatic amines is 1. The molecule has 0 spiro atoms. The highest BCUT2D eigenvalue weighted by Crippen LogP contribution is 2.39. The summed E-state index contributed by atoms with van der Waals surface area (Å²) in [5.41, 5.74) is 5.77. The third-order valence-corrected chi connectivity index (χ3v) is 6.45. The minimum absolute atomic E-state index is 0.0339. The Morgan fingerprint density at radius 1 is 1.15 bits per heavy atom. The van der Waals surface area contributed by atoms with Gasteiger partial charge >= 0.3 is 6.03 Å².